The van der Waals surface area contributed by atoms with Gasteiger partial charge in [-0.25, -0.2) is 4.99 Å². The van der Waals surface area contributed by atoms with Crippen LogP contribution >= 0.6 is 0 Å². The molecule has 8 nitrogen and oxygen atoms in total. The molecule has 2 heterocycles. The Morgan fingerprint density at radius 3 is 2.74 bits per heavy atom. The summed E-state index contributed by atoms with van der Waals surface area (Å²) in [6.07, 6.45) is 0. The summed E-state index contributed by atoms with van der Waals surface area (Å²) in [6, 6.07) is 5.96. The zero-order chi connectivity index (χ0) is 19.4. The van der Waals surface area contributed by atoms with Crippen molar-refractivity contribution >= 4 is 5.96 Å². The fourth-order valence-electron chi connectivity index (χ4n) is 2.63. The number of rotatable bonds is 5. The van der Waals surface area contributed by atoms with Crippen LogP contribution in [-0.4, -0.2) is 41.4 Å². The lowest BCUT2D eigenvalue weighted by Gasteiger charge is -2.22. The molecular formula is C19H27N5O3. The van der Waals surface area contributed by atoms with Crippen LogP contribution in [0.4, 0.5) is 0 Å². The molecule has 3 rings (SSSR count). The van der Waals surface area contributed by atoms with Gasteiger partial charge in [-0.15, -0.1) is 0 Å². The van der Waals surface area contributed by atoms with Gasteiger partial charge in [0.25, 0.3) is 0 Å². The van der Waals surface area contributed by atoms with E-state index in [-0.39, 0.29) is 12.2 Å². The topological polar surface area (TPSA) is 85.0 Å². The highest BCUT2D eigenvalue weighted by Gasteiger charge is 2.21. The number of aliphatic imine (C=N–C) groups is 1. The Morgan fingerprint density at radius 1 is 1.26 bits per heavy atom. The molecule has 8 heteroatoms. The molecule has 1 N–H and O–H groups in total. The highest BCUT2D eigenvalue weighted by atomic mass is 16.7. The first-order chi connectivity index (χ1) is 12.9. The van der Waals surface area contributed by atoms with E-state index in [9.17, 15) is 0 Å². The molecule has 1 aromatic carbocycles. The third kappa shape index (κ3) is 4.69. The van der Waals surface area contributed by atoms with E-state index in [2.05, 4.69) is 20.4 Å². The van der Waals surface area contributed by atoms with Crippen molar-refractivity contribution in [2.75, 3.05) is 20.4 Å². The van der Waals surface area contributed by atoms with Gasteiger partial charge in [0.1, 0.15) is 6.54 Å². The fraction of sp³-hybridized carbons (Fsp3) is 0.526. The van der Waals surface area contributed by atoms with Gasteiger partial charge in [-0.3, -0.25) is 0 Å². The van der Waals surface area contributed by atoms with E-state index in [4.69, 9.17) is 14.0 Å². The lowest BCUT2D eigenvalue weighted by atomic mass is 9.97. The number of nitrogens with one attached hydrogen (secondary N) is 1. The summed E-state index contributed by atoms with van der Waals surface area (Å²) in [5.74, 6) is 3.54. The van der Waals surface area contributed by atoms with Gasteiger partial charge in [-0.2, -0.15) is 4.98 Å². The molecule has 146 valence electrons. The number of guanidine groups is 1. The predicted molar refractivity (Wildman–Crippen MR) is 102 cm³/mol. The van der Waals surface area contributed by atoms with E-state index >= 15 is 0 Å². The summed E-state index contributed by atoms with van der Waals surface area (Å²) < 4.78 is 16.1. The van der Waals surface area contributed by atoms with Gasteiger partial charge in [-0.05, 0) is 24.6 Å². The SMILES string of the molecule is CCNC(=NCc1noc(C(C)(C)C)n1)N(C)Cc1ccc2c(c1)OCO2. The van der Waals surface area contributed by atoms with Crippen molar-refractivity contribution in [3.63, 3.8) is 0 Å². The van der Waals surface area contributed by atoms with E-state index in [1.165, 1.54) is 0 Å². The zero-order valence-electron chi connectivity index (χ0n) is 16.6. The van der Waals surface area contributed by atoms with Crippen molar-refractivity contribution in [2.24, 2.45) is 4.99 Å². The van der Waals surface area contributed by atoms with Crippen molar-refractivity contribution in [2.45, 2.75) is 46.2 Å². The van der Waals surface area contributed by atoms with E-state index in [0.717, 1.165) is 29.6 Å². The van der Waals surface area contributed by atoms with E-state index in [1.807, 2.05) is 57.8 Å². The third-order valence-electron chi connectivity index (χ3n) is 4.03. The maximum absolute atomic E-state index is 5.45. The number of hydrogen-bond donors (Lipinski definition) is 1. The largest absolute Gasteiger partial charge is 0.454 e. The Labute approximate surface area is 159 Å². The average Bonchev–Trinajstić information content (AvgIpc) is 3.26. The molecule has 0 fully saturated rings. The van der Waals surface area contributed by atoms with Crippen molar-refractivity contribution in [3.05, 3.63) is 35.5 Å². The summed E-state index contributed by atoms with van der Waals surface area (Å²) in [5.41, 5.74) is 0.942. The summed E-state index contributed by atoms with van der Waals surface area (Å²) in [7, 11) is 1.99. The first kappa shape index (κ1) is 19.0. The van der Waals surface area contributed by atoms with Crippen LogP contribution in [-0.2, 0) is 18.5 Å². The highest BCUT2D eigenvalue weighted by Crippen LogP contribution is 2.32. The maximum atomic E-state index is 5.45. The Bertz CT molecular complexity index is 810. The van der Waals surface area contributed by atoms with E-state index < -0.39 is 0 Å². The fourth-order valence-corrected chi connectivity index (χ4v) is 2.63. The second-order valence-corrected chi connectivity index (χ2v) is 7.48. The number of aromatic nitrogens is 2. The van der Waals surface area contributed by atoms with Gasteiger partial charge in [0.05, 0.1) is 0 Å². The van der Waals surface area contributed by atoms with Crippen LogP contribution in [0.5, 0.6) is 11.5 Å². The summed E-state index contributed by atoms with van der Waals surface area (Å²) >= 11 is 0. The standard InChI is InChI=1S/C19H27N5O3/c1-6-20-18(21-10-16-22-17(27-23-16)19(2,3)4)24(5)11-13-7-8-14-15(9-13)26-12-25-14/h7-9H,6,10-12H2,1-5H3,(H,20,21). The van der Waals surface area contributed by atoms with Crippen molar-refractivity contribution in [1.82, 2.24) is 20.4 Å². The lowest BCUT2D eigenvalue weighted by molar-refractivity contribution is 0.174. The van der Waals surface area contributed by atoms with Crippen molar-refractivity contribution in [1.29, 1.82) is 0 Å². The van der Waals surface area contributed by atoms with Crippen LogP contribution in [0.1, 0.15) is 45.0 Å². The summed E-state index contributed by atoms with van der Waals surface area (Å²) in [6.45, 7) is 10.2. The minimum atomic E-state index is -0.171. The Hall–Kier alpha value is -2.77. The number of nitrogens with zero attached hydrogens (tertiary/aromatic N) is 4. The smallest absolute Gasteiger partial charge is 0.232 e. The van der Waals surface area contributed by atoms with Crippen LogP contribution in [0.3, 0.4) is 0 Å². The molecule has 0 saturated carbocycles. The molecule has 1 aromatic heterocycles. The van der Waals surface area contributed by atoms with Crippen molar-refractivity contribution < 1.29 is 14.0 Å². The molecule has 0 radical (unpaired) electrons. The van der Waals surface area contributed by atoms with Crippen LogP contribution in [0.15, 0.2) is 27.7 Å². The van der Waals surface area contributed by atoms with E-state index in [0.29, 0.717) is 24.8 Å². The molecule has 0 saturated heterocycles. The average molecular weight is 373 g/mol. The van der Waals surface area contributed by atoms with Gasteiger partial charge in [0, 0.05) is 25.6 Å². The number of fused-ring (bicyclic) bond motifs is 1. The second kappa shape index (κ2) is 7.85. The van der Waals surface area contributed by atoms with Gasteiger partial charge in [0.2, 0.25) is 12.7 Å². The molecule has 1 aliphatic heterocycles. The van der Waals surface area contributed by atoms with Gasteiger partial charge in [0.15, 0.2) is 23.3 Å². The van der Waals surface area contributed by atoms with Crippen LogP contribution < -0.4 is 14.8 Å². The molecule has 0 unspecified atom stereocenters. The van der Waals surface area contributed by atoms with Crippen molar-refractivity contribution in [3.8, 4) is 11.5 Å². The number of hydrogen-bond acceptors (Lipinski definition) is 6. The summed E-state index contributed by atoms with van der Waals surface area (Å²) in [4.78, 5) is 11.1. The van der Waals surface area contributed by atoms with Crippen LogP contribution in [0, 0.1) is 0 Å². The third-order valence-corrected chi connectivity index (χ3v) is 4.03. The Kier molecular flexibility index (Phi) is 5.53. The quantitative estimate of drug-likeness (QED) is 0.637. The summed E-state index contributed by atoms with van der Waals surface area (Å²) in [5, 5.41) is 7.32. The predicted octanol–water partition coefficient (Wildman–Crippen LogP) is 2.69. The first-order valence-corrected chi connectivity index (χ1v) is 9.08. The molecule has 1 aliphatic rings. The van der Waals surface area contributed by atoms with E-state index in [1.54, 1.807) is 0 Å². The van der Waals surface area contributed by atoms with Gasteiger partial charge < -0.3 is 24.2 Å². The molecule has 0 amide bonds. The Morgan fingerprint density at radius 2 is 2.04 bits per heavy atom. The first-order valence-electron chi connectivity index (χ1n) is 9.08. The molecule has 0 aliphatic carbocycles. The molecule has 27 heavy (non-hydrogen) atoms. The zero-order valence-corrected chi connectivity index (χ0v) is 16.6. The lowest BCUT2D eigenvalue weighted by Crippen LogP contribution is -2.38. The normalized spacial score (nSPS) is 13.7. The molecule has 0 spiro atoms. The minimum absolute atomic E-state index is 0.171. The number of ether oxygens (including phenoxy) is 2. The van der Waals surface area contributed by atoms with Gasteiger partial charge in [-0.1, -0.05) is 32.0 Å². The minimum Gasteiger partial charge on any atom is -0.454 e. The van der Waals surface area contributed by atoms with Crippen LogP contribution in [0.25, 0.3) is 0 Å². The molecule has 0 atom stereocenters. The van der Waals surface area contributed by atoms with Gasteiger partial charge >= 0.3 is 0 Å². The maximum Gasteiger partial charge on any atom is 0.232 e. The molecule has 2 aromatic rings. The Balaban J connectivity index is 1.68. The molecular weight excluding hydrogens is 346 g/mol. The van der Waals surface area contributed by atoms with Crippen LogP contribution in [0.2, 0.25) is 0 Å². The number of benzene rings is 1. The monoisotopic (exact) mass is 373 g/mol. The highest BCUT2D eigenvalue weighted by molar-refractivity contribution is 5.79. The second-order valence-electron chi connectivity index (χ2n) is 7.48. The molecule has 0 bridgehead atoms.